The molecule has 1 heterocycles. The molecular formula is C12H10ClFN4O2. The van der Waals surface area contributed by atoms with E-state index in [2.05, 4.69) is 15.3 Å². The predicted octanol–water partition coefficient (Wildman–Crippen LogP) is 3.35. The summed E-state index contributed by atoms with van der Waals surface area (Å²) < 4.78 is 12.9. The first-order valence-electron chi connectivity index (χ1n) is 5.66. The van der Waals surface area contributed by atoms with Crippen molar-refractivity contribution in [1.82, 2.24) is 9.97 Å². The molecule has 1 N–H and O–H groups in total. The number of nitrogens with one attached hydrogen (secondary N) is 1. The van der Waals surface area contributed by atoms with Crippen molar-refractivity contribution in [1.29, 1.82) is 0 Å². The molecule has 0 saturated heterocycles. The van der Waals surface area contributed by atoms with E-state index in [0.717, 1.165) is 11.8 Å². The second kappa shape index (κ2) is 5.79. The lowest BCUT2D eigenvalue weighted by Crippen LogP contribution is -2.10. The molecule has 0 aliphatic heterocycles. The Labute approximate surface area is 118 Å². The van der Waals surface area contributed by atoms with E-state index < -0.39 is 4.92 Å². The molecule has 8 heteroatoms. The molecule has 0 radical (unpaired) electrons. The van der Waals surface area contributed by atoms with Gasteiger partial charge in [-0.3, -0.25) is 10.1 Å². The molecule has 0 aliphatic carbocycles. The van der Waals surface area contributed by atoms with Crippen molar-refractivity contribution in [3.63, 3.8) is 0 Å². The molecule has 6 nitrogen and oxygen atoms in total. The van der Waals surface area contributed by atoms with Crippen LogP contribution in [0.2, 0.25) is 5.28 Å². The first kappa shape index (κ1) is 14.1. The van der Waals surface area contributed by atoms with Gasteiger partial charge in [0.15, 0.2) is 0 Å². The van der Waals surface area contributed by atoms with Gasteiger partial charge in [0.1, 0.15) is 12.0 Å². The van der Waals surface area contributed by atoms with Gasteiger partial charge in [-0.05, 0) is 36.2 Å². The molecule has 0 saturated carbocycles. The van der Waals surface area contributed by atoms with E-state index in [-0.39, 0.29) is 28.6 Å². The van der Waals surface area contributed by atoms with Crippen molar-refractivity contribution in [2.24, 2.45) is 0 Å². The standard InChI is InChI=1S/C12H10ClFN4O2/c1-7(8-2-4-9(14)5-3-8)16-11-10(18(19)20)6-15-12(13)17-11/h2-7H,1H3,(H,15,16,17). The second-order valence-electron chi connectivity index (χ2n) is 4.05. The zero-order chi connectivity index (χ0) is 14.7. The van der Waals surface area contributed by atoms with Gasteiger partial charge < -0.3 is 5.32 Å². The van der Waals surface area contributed by atoms with Crippen LogP contribution in [0.4, 0.5) is 15.9 Å². The first-order chi connectivity index (χ1) is 9.47. The highest BCUT2D eigenvalue weighted by molar-refractivity contribution is 6.28. The van der Waals surface area contributed by atoms with Crippen molar-refractivity contribution < 1.29 is 9.31 Å². The van der Waals surface area contributed by atoms with Gasteiger partial charge in [0.05, 0.1) is 11.0 Å². The van der Waals surface area contributed by atoms with Gasteiger partial charge in [-0.1, -0.05) is 12.1 Å². The van der Waals surface area contributed by atoms with E-state index in [1.54, 1.807) is 19.1 Å². The summed E-state index contributed by atoms with van der Waals surface area (Å²) >= 11 is 5.64. The maximum Gasteiger partial charge on any atom is 0.329 e. The molecule has 0 fully saturated rings. The topological polar surface area (TPSA) is 81.0 Å². The predicted molar refractivity (Wildman–Crippen MR) is 72.1 cm³/mol. The van der Waals surface area contributed by atoms with Crippen LogP contribution in [0.15, 0.2) is 30.5 Å². The zero-order valence-electron chi connectivity index (χ0n) is 10.4. The molecule has 1 aromatic carbocycles. The van der Waals surface area contributed by atoms with Crippen LogP contribution in [-0.4, -0.2) is 14.9 Å². The lowest BCUT2D eigenvalue weighted by Gasteiger charge is -2.14. The minimum absolute atomic E-state index is 0.0202. The van der Waals surface area contributed by atoms with E-state index >= 15 is 0 Å². The first-order valence-corrected chi connectivity index (χ1v) is 6.04. The van der Waals surface area contributed by atoms with Gasteiger partial charge in [0, 0.05) is 0 Å². The fraction of sp³-hybridized carbons (Fsp3) is 0.167. The highest BCUT2D eigenvalue weighted by atomic mass is 35.5. The third kappa shape index (κ3) is 3.18. The fourth-order valence-corrected chi connectivity index (χ4v) is 1.77. The number of rotatable bonds is 4. The van der Waals surface area contributed by atoms with Crippen LogP contribution in [0.1, 0.15) is 18.5 Å². The molecule has 20 heavy (non-hydrogen) atoms. The van der Waals surface area contributed by atoms with Gasteiger partial charge in [0.2, 0.25) is 11.1 Å². The highest BCUT2D eigenvalue weighted by Crippen LogP contribution is 2.26. The molecule has 2 rings (SSSR count). The van der Waals surface area contributed by atoms with Gasteiger partial charge in [-0.25, -0.2) is 9.37 Å². The van der Waals surface area contributed by atoms with E-state index in [9.17, 15) is 14.5 Å². The summed E-state index contributed by atoms with van der Waals surface area (Å²) in [7, 11) is 0. The Hall–Kier alpha value is -2.28. The van der Waals surface area contributed by atoms with Crippen LogP contribution in [0.3, 0.4) is 0 Å². The average molecular weight is 297 g/mol. The van der Waals surface area contributed by atoms with Gasteiger partial charge in [-0.15, -0.1) is 0 Å². The van der Waals surface area contributed by atoms with Crippen LogP contribution in [-0.2, 0) is 0 Å². The maximum absolute atomic E-state index is 12.9. The van der Waals surface area contributed by atoms with Crippen LogP contribution in [0, 0.1) is 15.9 Å². The lowest BCUT2D eigenvalue weighted by atomic mass is 10.1. The van der Waals surface area contributed by atoms with Crippen LogP contribution in [0.5, 0.6) is 0 Å². The fourth-order valence-electron chi connectivity index (χ4n) is 1.63. The van der Waals surface area contributed by atoms with E-state index in [4.69, 9.17) is 11.6 Å². The monoisotopic (exact) mass is 296 g/mol. The summed E-state index contributed by atoms with van der Waals surface area (Å²) in [5, 5.41) is 13.7. The van der Waals surface area contributed by atoms with Crippen LogP contribution < -0.4 is 5.32 Å². The van der Waals surface area contributed by atoms with E-state index in [1.165, 1.54) is 12.1 Å². The number of halogens is 2. The Balaban J connectivity index is 2.27. The summed E-state index contributed by atoms with van der Waals surface area (Å²) in [6.07, 6.45) is 1.04. The van der Waals surface area contributed by atoms with Crippen molar-refractivity contribution in [2.75, 3.05) is 5.32 Å². The van der Waals surface area contributed by atoms with E-state index in [1.807, 2.05) is 0 Å². The van der Waals surface area contributed by atoms with Crippen LogP contribution >= 0.6 is 11.6 Å². The van der Waals surface area contributed by atoms with Gasteiger partial charge >= 0.3 is 5.69 Å². The normalized spacial score (nSPS) is 11.9. The van der Waals surface area contributed by atoms with Crippen LogP contribution in [0.25, 0.3) is 0 Å². The summed E-state index contributed by atoms with van der Waals surface area (Å²) in [6.45, 7) is 1.77. The summed E-state index contributed by atoms with van der Waals surface area (Å²) in [4.78, 5) is 17.7. The number of benzene rings is 1. The Morgan fingerprint density at radius 1 is 1.40 bits per heavy atom. The maximum atomic E-state index is 12.9. The number of hydrogen-bond acceptors (Lipinski definition) is 5. The molecule has 0 aliphatic rings. The molecule has 104 valence electrons. The Morgan fingerprint density at radius 2 is 2.05 bits per heavy atom. The molecule has 2 aromatic rings. The molecular weight excluding hydrogens is 287 g/mol. The lowest BCUT2D eigenvalue weighted by molar-refractivity contribution is -0.384. The molecule has 1 atom stereocenters. The van der Waals surface area contributed by atoms with Crippen molar-refractivity contribution >= 4 is 23.1 Å². The molecule has 1 aromatic heterocycles. The van der Waals surface area contributed by atoms with E-state index in [0.29, 0.717) is 0 Å². The molecule has 0 amide bonds. The average Bonchev–Trinajstić information content (AvgIpc) is 2.39. The molecule has 0 spiro atoms. The third-order valence-electron chi connectivity index (χ3n) is 2.66. The van der Waals surface area contributed by atoms with Gasteiger partial charge in [-0.2, -0.15) is 4.98 Å². The molecule has 1 unspecified atom stereocenters. The minimum atomic E-state index is -0.601. The summed E-state index contributed by atoms with van der Waals surface area (Å²) in [6, 6.07) is 5.49. The number of aromatic nitrogens is 2. The molecule has 0 bridgehead atoms. The van der Waals surface area contributed by atoms with Gasteiger partial charge in [0.25, 0.3) is 0 Å². The number of anilines is 1. The number of hydrogen-bond donors (Lipinski definition) is 1. The largest absolute Gasteiger partial charge is 0.358 e. The zero-order valence-corrected chi connectivity index (χ0v) is 11.1. The Kier molecular flexibility index (Phi) is 4.09. The number of nitrogens with zero attached hydrogens (tertiary/aromatic N) is 3. The third-order valence-corrected chi connectivity index (χ3v) is 2.84. The van der Waals surface area contributed by atoms with Crippen molar-refractivity contribution in [2.45, 2.75) is 13.0 Å². The SMILES string of the molecule is CC(Nc1nc(Cl)ncc1[N+](=O)[O-])c1ccc(F)cc1. The summed E-state index contributed by atoms with van der Waals surface area (Å²) in [5.41, 5.74) is 0.485. The quantitative estimate of drug-likeness (QED) is 0.531. The van der Waals surface area contributed by atoms with Crippen molar-refractivity contribution in [3.8, 4) is 0 Å². The summed E-state index contributed by atoms with van der Waals surface area (Å²) in [5.74, 6) is -0.330. The highest BCUT2D eigenvalue weighted by Gasteiger charge is 2.19. The minimum Gasteiger partial charge on any atom is -0.358 e. The Bertz CT molecular complexity index is 636. The number of nitro groups is 1. The second-order valence-corrected chi connectivity index (χ2v) is 4.39. The smallest absolute Gasteiger partial charge is 0.329 e. The van der Waals surface area contributed by atoms with Crippen molar-refractivity contribution in [3.05, 3.63) is 57.2 Å². The Morgan fingerprint density at radius 3 is 2.65 bits per heavy atom.